The predicted molar refractivity (Wildman–Crippen MR) is 146 cm³/mol. The van der Waals surface area contributed by atoms with E-state index in [1.807, 2.05) is 19.1 Å². The highest BCUT2D eigenvalue weighted by molar-refractivity contribution is 6.01. The SMILES string of the molecule is [C-]#[N+]C1=C[C@]2(C)C3=CC(=O)[C@@H]4[C@@H]5CC(C)(C)CC[C@]5(NC(=O)C5CC5)CC[C@@]4(C)[C@]3(C)CC[C@H]2[C@H](C)C1=O. The average molecular weight is 517 g/mol. The van der Waals surface area contributed by atoms with Crippen LogP contribution in [0.25, 0.3) is 4.85 Å². The lowest BCUT2D eigenvalue weighted by Crippen LogP contribution is -2.69. The normalized spacial score (nSPS) is 47.3. The maximum Gasteiger partial charge on any atom is 0.226 e. The molecule has 0 spiro atoms. The summed E-state index contributed by atoms with van der Waals surface area (Å²) in [5, 5.41) is 3.57. The first-order chi connectivity index (χ1) is 17.7. The molecule has 0 bridgehead atoms. The second kappa shape index (κ2) is 7.92. The fraction of sp³-hybridized carbons (Fsp3) is 0.758. The van der Waals surface area contributed by atoms with Crippen molar-refractivity contribution in [2.45, 2.75) is 105 Å². The Hall–Kier alpha value is -2.22. The van der Waals surface area contributed by atoms with Crippen LogP contribution in [0, 0.1) is 57.8 Å². The molecule has 5 nitrogen and oxygen atoms in total. The maximum absolute atomic E-state index is 14.4. The minimum atomic E-state index is -0.468. The number of fused-ring (bicyclic) bond motifs is 7. The summed E-state index contributed by atoms with van der Waals surface area (Å²) in [7, 11) is 0. The first-order valence-corrected chi connectivity index (χ1v) is 14.9. The van der Waals surface area contributed by atoms with Gasteiger partial charge in [-0.15, -0.1) is 0 Å². The third-order valence-electron chi connectivity index (χ3n) is 12.8. The number of carbonyl (C=O) groups excluding carboxylic acids is 3. The van der Waals surface area contributed by atoms with E-state index in [-0.39, 0.29) is 74.5 Å². The molecule has 0 radical (unpaired) electrons. The minimum Gasteiger partial charge on any atom is -0.350 e. The number of hydrogen-bond acceptors (Lipinski definition) is 3. The highest BCUT2D eigenvalue weighted by atomic mass is 16.2. The van der Waals surface area contributed by atoms with Crippen molar-refractivity contribution < 1.29 is 14.4 Å². The van der Waals surface area contributed by atoms with Crippen LogP contribution in [0.2, 0.25) is 0 Å². The van der Waals surface area contributed by atoms with E-state index in [1.165, 1.54) is 0 Å². The molecule has 6 aliphatic rings. The molecule has 0 aromatic rings. The first-order valence-electron chi connectivity index (χ1n) is 14.9. The zero-order valence-corrected chi connectivity index (χ0v) is 24.1. The third kappa shape index (κ3) is 3.31. The van der Waals surface area contributed by atoms with Gasteiger partial charge in [0.1, 0.15) is 0 Å². The van der Waals surface area contributed by atoms with Gasteiger partial charge in [-0.05, 0) is 91.9 Å². The fourth-order valence-electron chi connectivity index (χ4n) is 10.1. The number of ketones is 2. The molecule has 0 aromatic heterocycles. The lowest BCUT2D eigenvalue weighted by Gasteiger charge is -2.68. The Morgan fingerprint density at radius 1 is 0.974 bits per heavy atom. The van der Waals surface area contributed by atoms with E-state index in [2.05, 4.69) is 44.8 Å². The van der Waals surface area contributed by atoms with Gasteiger partial charge in [-0.3, -0.25) is 9.59 Å². The molecule has 0 aromatic carbocycles. The number of carbonyl (C=O) groups is 3. The smallest absolute Gasteiger partial charge is 0.226 e. The zero-order chi connectivity index (χ0) is 27.5. The van der Waals surface area contributed by atoms with E-state index in [9.17, 15) is 14.4 Å². The number of nitrogens with one attached hydrogen (secondary N) is 1. The Bertz CT molecular complexity index is 1230. The number of Topliss-reactive ketones (excluding diaryl/α,β-unsaturated/α-hetero) is 1. The molecule has 0 saturated heterocycles. The van der Waals surface area contributed by atoms with E-state index in [0.717, 1.165) is 63.4 Å². The van der Waals surface area contributed by atoms with E-state index in [4.69, 9.17) is 6.57 Å². The van der Waals surface area contributed by atoms with E-state index >= 15 is 0 Å². The monoisotopic (exact) mass is 516 g/mol. The van der Waals surface area contributed by atoms with Gasteiger partial charge in [0.15, 0.2) is 11.6 Å². The zero-order valence-electron chi connectivity index (χ0n) is 24.1. The molecule has 6 rings (SSSR count). The molecule has 8 atom stereocenters. The number of hydrogen-bond donors (Lipinski definition) is 1. The summed E-state index contributed by atoms with van der Waals surface area (Å²) in [6.45, 7) is 21.2. The van der Waals surface area contributed by atoms with Crippen LogP contribution in [0.1, 0.15) is 99.3 Å². The largest absolute Gasteiger partial charge is 0.350 e. The van der Waals surface area contributed by atoms with Crippen molar-refractivity contribution in [1.29, 1.82) is 0 Å². The second-order valence-corrected chi connectivity index (χ2v) is 15.3. The van der Waals surface area contributed by atoms with Gasteiger partial charge in [0.25, 0.3) is 0 Å². The molecular weight excluding hydrogens is 472 g/mol. The van der Waals surface area contributed by atoms with Crippen LogP contribution in [0.3, 0.4) is 0 Å². The molecule has 4 saturated carbocycles. The molecule has 0 aliphatic heterocycles. The van der Waals surface area contributed by atoms with Gasteiger partial charge in [-0.2, -0.15) is 0 Å². The molecule has 38 heavy (non-hydrogen) atoms. The Morgan fingerprint density at radius 2 is 1.66 bits per heavy atom. The van der Waals surface area contributed by atoms with Crippen LogP contribution in [-0.2, 0) is 14.4 Å². The molecule has 0 heterocycles. The quantitative estimate of drug-likeness (QED) is 0.429. The molecule has 1 amide bonds. The van der Waals surface area contributed by atoms with Crippen LogP contribution in [0.5, 0.6) is 0 Å². The third-order valence-corrected chi connectivity index (χ3v) is 12.8. The van der Waals surface area contributed by atoms with Crippen molar-refractivity contribution in [1.82, 2.24) is 5.32 Å². The number of rotatable bonds is 2. The van der Waals surface area contributed by atoms with Gasteiger partial charge in [-0.25, -0.2) is 4.85 Å². The van der Waals surface area contributed by atoms with E-state index in [0.29, 0.717) is 0 Å². The van der Waals surface area contributed by atoms with Crippen molar-refractivity contribution >= 4 is 17.5 Å². The molecule has 6 aliphatic carbocycles. The summed E-state index contributed by atoms with van der Waals surface area (Å²) in [6, 6.07) is 0. The topological polar surface area (TPSA) is 67.6 Å². The highest BCUT2D eigenvalue weighted by Gasteiger charge is 2.69. The molecular formula is C33H44N2O3. The summed E-state index contributed by atoms with van der Waals surface area (Å²) >= 11 is 0. The standard InChI is InChI=1S/C33H44N2O3/c1-19-21-10-11-31(5)25(30(21,4)18-23(34-7)27(19)37)16-24(36)26-22-17-29(2,3)12-14-33(22,15-13-32(26,31)6)35-28(38)20-8-9-20/h16,18-22,26H,8-15,17H2,1-6H3,(H,35,38)/t19-,21-,22-,26-,30-,31+,32+,33-/m0/s1. The van der Waals surface area contributed by atoms with Crippen LogP contribution in [-0.4, -0.2) is 23.0 Å². The molecule has 1 N–H and O–H groups in total. The van der Waals surface area contributed by atoms with Crippen molar-refractivity contribution in [3.8, 4) is 0 Å². The van der Waals surface area contributed by atoms with Gasteiger partial charge < -0.3 is 10.1 Å². The van der Waals surface area contributed by atoms with Gasteiger partial charge in [0, 0.05) is 28.7 Å². The first kappa shape index (κ1) is 26.0. The summed E-state index contributed by atoms with van der Waals surface area (Å²) in [6.07, 6.45) is 12.5. The summed E-state index contributed by atoms with van der Waals surface area (Å²) in [5.74, 6) is 0.423. The molecule has 4 fully saturated rings. The number of nitrogens with zero attached hydrogens (tertiary/aromatic N) is 1. The lowest BCUT2D eigenvalue weighted by atomic mass is 9.36. The maximum atomic E-state index is 14.4. The molecule has 5 heteroatoms. The van der Waals surface area contributed by atoms with Crippen LogP contribution < -0.4 is 5.32 Å². The summed E-state index contributed by atoms with van der Waals surface area (Å²) < 4.78 is 0. The number of amides is 1. The second-order valence-electron chi connectivity index (χ2n) is 15.3. The Labute approximate surface area is 228 Å². The van der Waals surface area contributed by atoms with Crippen molar-refractivity contribution in [2.75, 3.05) is 0 Å². The van der Waals surface area contributed by atoms with Crippen molar-refractivity contribution in [3.63, 3.8) is 0 Å². The Balaban J connectivity index is 1.47. The van der Waals surface area contributed by atoms with Crippen LogP contribution >= 0.6 is 0 Å². The molecule has 204 valence electrons. The highest BCUT2D eigenvalue weighted by Crippen LogP contribution is 2.72. The van der Waals surface area contributed by atoms with E-state index < -0.39 is 5.41 Å². The minimum absolute atomic E-state index is 0.0452. The summed E-state index contributed by atoms with van der Waals surface area (Å²) in [4.78, 5) is 44.2. The summed E-state index contributed by atoms with van der Waals surface area (Å²) in [5.41, 5.74) is 0.332. The van der Waals surface area contributed by atoms with Gasteiger partial charge >= 0.3 is 0 Å². The van der Waals surface area contributed by atoms with E-state index in [1.54, 1.807) is 0 Å². The van der Waals surface area contributed by atoms with Crippen LogP contribution in [0.4, 0.5) is 0 Å². The lowest BCUT2D eigenvalue weighted by molar-refractivity contribution is -0.162. The predicted octanol–water partition coefficient (Wildman–Crippen LogP) is 6.45. The molecule has 0 unspecified atom stereocenters. The fourth-order valence-corrected chi connectivity index (χ4v) is 10.1. The Kier molecular flexibility index (Phi) is 5.43. The Morgan fingerprint density at radius 3 is 2.32 bits per heavy atom. The van der Waals surface area contributed by atoms with Crippen LogP contribution in [0.15, 0.2) is 23.4 Å². The van der Waals surface area contributed by atoms with Crippen molar-refractivity contribution in [3.05, 3.63) is 34.8 Å². The van der Waals surface area contributed by atoms with Gasteiger partial charge in [-0.1, -0.05) is 53.2 Å². The van der Waals surface area contributed by atoms with Crippen molar-refractivity contribution in [2.24, 2.45) is 51.2 Å². The van der Waals surface area contributed by atoms with Gasteiger partial charge in [0.2, 0.25) is 11.6 Å². The average Bonchev–Trinajstić information content (AvgIpc) is 3.69. The number of allylic oxidation sites excluding steroid dienone is 4. The van der Waals surface area contributed by atoms with Gasteiger partial charge in [0.05, 0.1) is 6.57 Å².